The molecule has 1 unspecified atom stereocenters. The molecule has 0 aliphatic rings. The van der Waals surface area contributed by atoms with E-state index in [1.807, 2.05) is 30.3 Å². The van der Waals surface area contributed by atoms with Gasteiger partial charge in [-0.25, -0.2) is 0 Å². The highest BCUT2D eigenvalue weighted by Gasteiger charge is 2.07. The van der Waals surface area contributed by atoms with E-state index in [2.05, 4.69) is 4.72 Å². The highest BCUT2D eigenvalue weighted by atomic mass is 32.2. The molecular formula is C12H11N2O2S-. The fraction of sp³-hybridized carbons (Fsp3) is 0. The summed E-state index contributed by atoms with van der Waals surface area (Å²) in [6.45, 7) is 0. The Kier molecular flexibility index (Phi) is 3.41. The molecule has 0 aromatic heterocycles. The maximum atomic E-state index is 10.7. The molecule has 1 atom stereocenters. The van der Waals surface area contributed by atoms with Crippen molar-refractivity contribution < 1.29 is 8.76 Å². The predicted octanol–water partition coefficient (Wildman–Crippen LogP) is 2.14. The summed E-state index contributed by atoms with van der Waals surface area (Å²) in [5.41, 5.74) is 8.46. The second kappa shape index (κ2) is 4.99. The number of anilines is 2. The maximum Gasteiger partial charge on any atom is 0.0551 e. The summed E-state index contributed by atoms with van der Waals surface area (Å²) in [5.74, 6) is 0. The van der Waals surface area contributed by atoms with Crippen molar-refractivity contribution in [1.29, 1.82) is 0 Å². The van der Waals surface area contributed by atoms with Crippen LogP contribution >= 0.6 is 0 Å². The van der Waals surface area contributed by atoms with Crippen molar-refractivity contribution in [1.82, 2.24) is 0 Å². The van der Waals surface area contributed by atoms with E-state index < -0.39 is 11.3 Å². The third-order valence-electron chi connectivity index (χ3n) is 2.35. The molecular weight excluding hydrogens is 236 g/mol. The Morgan fingerprint density at radius 2 is 1.76 bits per heavy atom. The van der Waals surface area contributed by atoms with Crippen molar-refractivity contribution in [3.05, 3.63) is 48.5 Å². The predicted molar refractivity (Wildman–Crippen MR) is 68.8 cm³/mol. The van der Waals surface area contributed by atoms with E-state index in [0.717, 1.165) is 5.56 Å². The summed E-state index contributed by atoms with van der Waals surface area (Å²) in [7, 11) is 0. The number of rotatable bonds is 3. The van der Waals surface area contributed by atoms with Crippen LogP contribution in [-0.4, -0.2) is 8.76 Å². The smallest absolute Gasteiger partial charge is 0.0551 e. The van der Waals surface area contributed by atoms with Crippen molar-refractivity contribution in [3.8, 4) is 11.1 Å². The van der Waals surface area contributed by atoms with E-state index in [4.69, 9.17) is 5.73 Å². The fourth-order valence-electron chi connectivity index (χ4n) is 1.67. The van der Waals surface area contributed by atoms with Crippen LogP contribution in [0.2, 0.25) is 0 Å². The Morgan fingerprint density at radius 3 is 2.41 bits per heavy atom. The topological polar surface area (TPSA) is 78.2 Å². The third kappa shape index (κ3) is 2.64. The number of benzene rings is 2. The van der Waals surface area contributed by atoms with Crippen molar-refractivity contribution in [3.63, 3.8) is 0 Å². The Bertz CT molecular complexity index is 543. The summed E-state index contributed by atoms with van der Waals surface area (Å²) >= 11 is -2.36. The highest BCUT2D eigenvalue weighted by Crippen LogP contribution is 2.33. The van der Waals surface area contributed by atoms with Crippen LogP contribution in [0.5, 0.6) is 0 Å². The molecule has 0 fully saturated rings. The van der Waals surface area contributed by atoms with Gasteiger partial charge in [-0.2, -0.15) is 0 Å². The Balaban J connectivity index is 2.55. The quantitative estimate of drug-likeness (QED) is 0.644. The van der Waals surface area contributed by atoms with Gasteiger partial charge >= 0.3 is 0 Å². The molecule has 88 valence electrons. The van der Waals surface area contributed by atoms with Gasteiger partial charge in [0.15, 0.2) is 0 Å². The summed E-state index contributed by atoms with van der Waals surface area (Å²) in [6.07, 6.45) is 0. The lowest BCUT2D eigenvalue weighted by atomic mass is 10.0. The molecule has 0 saturated carbocycles. The second-order valence-electron chi connectivity index (χ2n) is 3.47. The van der Waals surface area contributed by atoms with Crippen LogP contribution in [0, 0.1) is 0 Å². The van der Waals surface area contributed by atoms with Crippen LogP contribution in [0.3, 0.4) is 0 Å². The van der Waals surface area contributed by atoms with Crippen molar-refractivity contribution in [2.75, 3.05) is 10.5 Å². The molecule has 0 heterocycles. The highest BCUT2D eigenvalue weighted by molar-refractivity contribution is 7.80. The van der Waals surface area contributed by atoms with Gasteiger partial charge in [-0.15, -0.1) is 0 Å². The van der Waals surface area contributed by atoms with Crippen LogP contribution in [0.4, 0.5) is 11.4 Å². The van der Waals surface area contributed by atoms with Crippen LogP contribution in [-0.2, 0) is 11.3 Å². The molecule has 2 rings (SSSR count). The van der Waals surface area contributed by atoms with Crippen LogP contribution in [0.1, 0.15) is 0 Å². The van der Waals surface area contributed by atoms with Crippen LogP contribution in [0.15, 0.2) is 48.5 Å². The average molecular weight is 247 g/mol. The normalized spacial score (nSPS) is 12.1. The number of nitrogens with two attached hydrogens (primary N) is 1. The molecule has 0 spiro atoms. The molecule has 0 saturated heterocycles. The molecule has 0 bridgehead atoms. The number of nitrogen functional groups attached to an aromatic ring is 1. The van der Waals surface area contributed by atoms with Crippen LogP contribution in [0.25, 0.3) is 11.1 Å². The van der Waals surface area contributed by atoms with Crippen molar-refractivity contribution in [2.24, 2.45) is 0 Å². The van der Waals surface area contributed by atoms with Gasteiger partial charge in [-0.1, -0.05) is 36.4 Å². The van der Waals surface area contributed by atoms with E-state index >= 15 is 0 Å². The fourth-order valence-corrected chi connectivity index (χ4v) is 2.02. The van der Waals surface area contributed by atoms with Gasteiger partial charge in [-0.3, -0.25) is 4.21 Å². The average Bonchev–Trinajstić information content (AvgIpc) is 2.29. The van der Waals surface area contributed by atoms with Gasteiger partial charge in [0.1, 0.15) is 0 Å². The molecule has 5 heteroatoms. The molecule has 2 aromatic carbocycles. The van der Waals surface area contributed by atoms with Gasteiger partial charge in [-0.05, 0) is 17.7 Å². The lowest BCUT2D eigenvalue weighted by molar-refractivity contribution is 0.542. The van der Waals surface area contributed by atoms with Gasteiger partial charge in [0.2, 0.25) is 0 Å². The largest absolute Gasteiger partial charge is 0.755 e. The minimum Gasteiger partial charge on any atom is -0.755 e. The summed E-state index contributed by atoms with van der Waals surface area (Å²) in [5, 5.41) is 0. The summed E-state index contributed by atoms with van der Waals surface area (Å²) in [4.78, 5) is 0. The molecule has 17 heavy (non-hydrogen) atoms. The monoisotopic (exact) mass is 247 g/mol. The first-order valence-corrected chi connectivity index (χ1v) is 6.06. The SMILES string of the molecule is Nc1cccc(NS(=O)[O-])c1-c1ccccc1. The van der Waals surface area contributed by atoms with Gasteiger partial charge < -0.3 is 15.0 Å². The lowest BCUT2D eigenvalue weighted by Crippen LogP contribution is -2.05. The number of nitrogens with one attached hydrogen (secondary N) is 1. The van der Waals surface area contributed by atoms with Crippen molar-refractivity contribution in [2.45, 2.75) is 0 Å². The third-order valence-corrected chi connectivity index (χ3v) is 2.74. The first-order chi connectivity index (χ1) is 8.18. The summed E-state index contributed by atoms with van der Waals surface area (Å²) in [6, 6.07) is 14.5. The Labute approximate surface area is 102 Å². The van der Waals surface area contributed by atoms with E-state index in [-0.39, 0.29) is 0 Å². The maximum absolute atomic E-state index is 10.7. The Morgan fingerprint density at radius 1 is 1.06 bits per heavy atom. The standard InChI is InChI=1S/C12H12N2O2S/c13-10-7-4-8-11(14-17(15)16)12(10)9-5-2-1-3-6-9/h1-8,14H,13H2,(H,15,16)/p-1. The minimum absolute atomic E-state index is 0.476. The van der Waals surface area contributed by atoms with Gasteiger partial charge in [0.25, 0.3) is 0 Å². The molecule has 0 amide bonds. The zero-order valence-corrected chi connectivity index (χ0v) is 9.74. The lowest BCUT2D eigenvalue weighted by Gasteiger charge is -2.15. The zero-order chi connectivity index (χ0) is 12.3. The van der Waals surface area contributed by atoms with Gasteiger partial charge in [0.05, 0.1) is 5.69 Å². The molecule has 3 N–H and O–H groups in total. The van der Waals surface area contributed by atoms with Gasteiger partial charge in [0, 0.05) is 22.5 Å². The first kappa shape index (κ1) is 11.6. The zero-order valence-electron chi connectivity index (χ0n) is 8.92. The number of hydrogen-bond donors (Lipinski definition) is 2. The Hall–Kier alpha value is -1.85. The van der Waals surface area contributed by atoms with E-state index in [0.29, 0.717) is 16.9 Å². The van der Waals surface area contributed by atoms with E-state index in [1.54, 1.807) is 18.2 Å². The second-order valence-corrected chi connectivity index (χ2v) is 4.15. The molecule has 2 aromatic rings. The molecule has 0 aliphatic carbocycles. The van der Waals surface area contributed by atoms with E-state index in [1.165, 1.54) is 0 Å². The molecule has 0 aliphatic heterocycles. The number of hydrogen-bond acceptors (Lipinski definition) is 3. The summed E-state index contributed by atoms with van der Waals surface area (Å²) < 4.78 is 23.8. The first-order valence-electron chi connectivity index (χ1n) is 4.98. The minimum atomic E-state index is -2.36. The van der Waals surface area contributed by atoms with Crippen molar-refractivity contribution >= 4 is 22.6 Å². The van der Waals surface area contributed by atoms with E-state index in [9.17, 15) is 8.76 Å². The molecule has 0 radical (unpaired) electrons. The van der Waals surface area contributed by atoms with Crippen LogP contribution < -0.4 is 10.5 Å². The molecule has 4 nitrogen and oxygen atoms in total.